The van der Waals surface area contributed by atoms with Crippen LogP contribution in [0.15, 0.2) is 58.8 Å². The number of rotatable bonds is 4. The molecule has 4 rings (SSSR count). The largest absolute Gasteiger partial charge is 0.493 e. The molecule has 3 aromatic rings. The Labute approximate surface area is 164 Å². The van der Waals surface area contributed by atoms with Crippen molar-refractivity contribution >= 4 is 22.5 Å². The molecule has 2 aromatic carbocycles. The van der Waals surface area contributed by atoms with Gasteiger partial charge >= 0.3 is 0 Å². The van der Waals surface area contributed by atoms with Gasteiger partial charge in [-0.1, -0.05) is 42.3 Å². The first kappa shape index (κ1) is 18.4. The molecule has 28 heavy (non-hydrogen) atoms. The van der Waals surface area contributed by atoms with E-state index < -0.39 is 5.91 Å². The first-order chi connectivity index (χ1) is 13.6. The van der Waals surface area contributed by atoms with E-state index in [9.17, 15) is 9.90 Å². The van der Waals surface area contributed by atoms with Crippen molar-refractivity contribution < 1.29 is 9.90 Å². The van der Waals surface area contributed by atoms with Gasteiger partial charge in [0.25, 0.3) is 5.91 Å². The van der Waals surface area contributed by atoms with Gasteiger partial charge in [-0.3, -0.25) is 14.3 Å². The molecule has 1 aliphatic rings. The number of piperidine rings is 1. The second-order valence-electron chi connectivity index (χ2n) is 7.31. The summed E-state index contributed by atoms with van der Waals surface area (Å²) in [4.78, 5) is 14.7. The molecule has 1 aliphatic heterocycles. The Balaban J connectivity index is 1.65. The van der Waals surface area contributed by atoms with E-state index in [1.54, 1.807) is 12.1 Å². The zero-order valence-corrected chi connectivity index (χ0v) is 16.0. The number of aromatic hydroxyl groups is 1. The summed E-state index contributed by atoms with van der Waals surface area (Å²) in [5.41, 5.74) is 2.79. The van der Waals surface area contributed by atoms with Crippen molar-refractivity contribution in [3.63, 3.8) is 0 Å². The molecule has 0 radical (unpaired) electrons. The number of amides is 1. The number of hydrogen-bond acceptors (Lipinski definition) is 4. The Bertz CT molecular complexity index is 1010. The van der Waals surface area contributed by atoms with Gasteiger partial charge in [-0.05, 0) is 51.1 Å². The van der Waals surface area contributed by atoms with Gasteiger partial charge in [0.05, 0.1) is 12.2 Å². The summed E-state index contributed by atoms with van der Waals surface area (Å²) in [7, 11) is 0. The summed E-state index contributed by atoms with van der Waals surface area (Å²) in [5, 5.41) is 19.6. The van der Waals surface area contributed by atoms with E-state index in [1.807, 2.05) is 47.9 Å². The van der Waals surface area contributed by atoms with Crippen LogP contribution in [0, 0.1) is 6.92 Å². The van der Waals surface area contributed by atoms with Gasteiger partial charge in [-0.15, -0.1) is 10.2 Å². The van der Waals surface area contributed by atoms with Crippen molar-refractivity contribution in [1.82, 2.24) is 9.47 Å². The van der Waals surface area contributed by atoms with Crippen LogP contribution in [-0.4, -0.2) is 33.6 Å². The van der Waals surface area contributed by atoms with Crippen molar-refractivity contribution in [3.8, 4) is 5.88 Å². The quantitative estimate of drug-likeness (QED) is 0.650. The summed E-state index contributed by atoms with van der Waals surface area (Å²) in [5.74, 6) is -0.375. The van der Waals surface area contributed by atoms with E-state index in [0.29, 0.717) is 17.9 Å². The van der Waals surface area contributed by atoms with Crippen LogP contribution in [-0.2, 0) is 6.67 Å². The number of carbonyl (C=O) groups is 1. The van der Waals surface area contributed by atoms with E-state index in [2.05, 4.69) is 15.1 Å². The summed E-state index contributed by atoms with van der Waals surface area (Å²) >= 11 is 0. The van der Waals surface area contributed by atoms with E-state index >= 15 is 0 Å². The zero-order valence-electron chi connectivity index (χ0n) is 16.0. The normalized spacial score (nSPS) is 15.5. The Morgan fingerprint density at radius 3 is 2.50 bits per heavy atom. The van der Waals surface area contributed by atoms with E-state index in [1.165, 1.54) is 19.3 Å². The topological polar surface area (TPSA) is 70.2 Å². The maximum Gasteiger partial charge on any atom is 0.295 e. The molecule has 6 nitrogen and oxygen atoms in total. The van der Waals surface area contributed by atoms with Crippen molar-refractivity contribution in [2.45, 2.75) is 32.9 Å². The number of likely N-dealkylation sites (tertiary alicyclic amines) is 1. The number of carbonyl (C=O) groups excluding carboxylic acids is 1. The maximum atomic E-state index is 12.3. The zero-order chi connectivity index (χ0) is 19.5. The predicted molar refractivity (Wildman–Crippen MR) is 109 cm³/mol. The molecule has 1 aromatic heterocycles. The second kappa shape index (κ2) is 7.94. The fourth-order valence-corrected chi connectivity index (χ4v) is 3.66. The van der Waals surface area contributed by atoms with Crippen LogP contribution in [0.25, 0.3) is 10.9 Å². The lowest BCUT2D eigenvalue weighted by molar-refractivity contribution is 0.0995. The Hall–Kier alpha value is -2.99. The van der Waals surface area contributed by atoms with Crippen molar-refractivity contribution in [2.24, 2.45) is 10.2 Å². The van der Waals surface area contributed by atoms with E-state index in [0.717, 1.165) is 29.6 Å². The fourth-order valence-electron chi connectivity index (χ4n) is 3.66. The van der Waals surface area contributed by atoms with Gasteiger partial charge in [-0.2, -0.15) is 0 Å². The van der Waals surface area contributed by atoms with Crippen LogP contribution >= 0.6 is 0 Å². The van der Waals surface area contributed by atoms with Crippen LogP contribution < -0.4 is 0 Å². The first-order valence-corrected chi connectivity index (χ1v) is 9.69. The number of fused-ring (bicyclic) bond motifs is 1. The lowest BCUT2D eigenvalue weighted by atomic mass is 10.1. The van der Waals surface area contributed by atoms with Gasteiger partial charge in [0.2, 0.25) is 5.88 Å². The second-order valence-corrected chi connectivity index (χ2v) is 7.31. The monoisotopic (exact) mass is 376 g/mol. The summed E-state index contributed by atoms with van der Waals surface area (Å²) in [6.45, 7) is 4.61. The number of benzene rings is 2. The third kappa shape index (κ3) is 3.68. The van der Waals surface area contributed by atoms with Crippen LogP contribution in [0.4, 0.5) is 5.69 Å². The number of aryl methyl sites for hydroxylation is 1. The maximum absolute atomic E-state index is 12.3. The molecule has 1 N–H and O–H groups in total. The number of nitrogens with zero attached hydrogens (tertiary/aromatic N) is 4. The van der Waals surface area contributed by atoms with Crippen molar-refractivity contribution in [3.05, 3.63) is 59.7 Å². The molecule has 0 saturated carbocycles. The minimum absolute atomic E-state index is 0.0484. The molecule has 0 aliphatic carbocycles. The predicted octanol–water partition coefficient (Wildman–Crippen LogP) is 5.02. The lowest BCUT2D eigenvalue weighted by Gasteiger charge is -2.27. The third-order valence-electron chi connectivity index (χ3n) is 5.25. The standard InChI is InChI=1S/C22H24N4O2/c1-16-9-11-17(12-10-16)21(27)24-23-20-18-7-3-4-8-19(18)26(22(20)28)15-25-13-5-2-6-14-25/h3-4,7-12,28H,2,5-6,13-15H2,1H3. The summed E-state index contributed by atoms with van der Waals surface area (Å²) in [6.07, 6.45) is 3.62. The SMILES string of the molecule is Cc1ccc(C(=O)N=Nc2c(O)n(CN3CCCCC3)c3ccccc23)cc1. The van der Waals surface area contributed by atoms with Crippen LogP contribution in [0.5, 0.6) is 5.88 Å². The molecule has 1 fully saturated rings. The number of aromatic nitrogens is 1. The fraction of sp³-hybridized carbons (Fsp3) is 0.318. The highest BCUT2D eigenvalue weighted by molar-refractivity contribution is 5.97. The molecular formula is C22H24N4O2. The minimum atomic E-state index is -0.424. The van der Waals surface area contributed by atoms with Gasteiger partial charge in [-0.25, -0.2) is 0 Å². The first-order valence-electron chi connectivity index (χ1n) is 9.69. The molecule has 144 valence electrons. The number of azo groups is 1. The highest BCUT2D eigenvalue weighted by atomic mass is 16.3. The molecule has 0 atom stereocenters. The highest BCUT2D eigenvalue weighted by Crippen LogP contribution is 2.39. The Morgan fingerprint density at radius 1 is 1.04 bits per heavy atom. The molecule has 1 saturated heterocycles. The summed E-state index contributed by atoms with van der Waals surface area (Å²) in [6, 6.07) is 14.9. The average molecular weight is 376 g/mol. The smallest absolute Gasteiger partial charge is 0.295 e. The summed E-state index contributed by atoms with van der Waals surface area (Å²) < 4.78 is 1.85. The molecule has 1 amide bonds. The van der Waals surface area contributed by atoms with E-state index in [4.69, 9.17) is 0 Å². The van der Waals surface area contributed by atoms with Gasteiger partial charge in [0, 0.05) is 10.9 Å². The van der Waals surface area contributed by atoms with Crippen LogP contribution in [0.2, 0.25) is 0 Å². The van der Waals surface area contributed by atoms with Gasteiger partial charge in [0.15, 0.2) is 5.69 Å². The third-order valence-corrected chi connectivity index (χ3v) is 5.25. The highest BCUT2D eigenvalue weighted by Gasteiger charge is 2.19. The molecule has 0 unspecified atom stereocenters. The Kier molecular flexibility index (Phi) is 5.21. The van der Waals surface area contributed by atoms with Crippen molar-refractivity contribution in [1.29, 1.82) is 0 Å². The molecule has 0 spiro atoms. The molecule has 0 bridgehead atoms. The number of para-hydroxylation sites is 1. The average Bonchev–Trinajstić information content (AvgIpc) is 2.99. The Morgan fingerprint density at radius 2 is 1.75 bits per heavy atom. The number of hydrogen-bond donors (Lipinski definition) is 1. The van der Waals surface area contributed by atoms with Crippen LogP contribution in [0.1, 0.15) is 35.2 Å². The van der Waals surface area contributed by atoms with Gasteiger partial charge in [0.1, 0.15) is 0 Å². The van der Waals surface area contributed by atoms with Crippen molar-refractivity contribution in [2.75, 3.05) is 13.1 Å². The molecule has 2 heterocycles. The molecular weight excluding hydrogens is 352 g/mol. The lowest BCUT2D eigenvalue weighted by Crippen LogP contribution is -2.31. The van der Waals surface area contributed by atoms with E-state index in [-0.39, 0.29) is 5.88 Å². The van der Waals surface area contributed by atoms with Gasteiger partial charge < -0.3 is 5.11 Å². The van der Waals surface area contributed by atoms with Crippen LogP contribution in [0.3, 0.4) is 0 Å². The molecule has 6 heteroatoms. The minimum Gasteiger partial charge on any atom is -0.493 e.